The van der Waals surface area contributed by atoms with Crippen molar-refractivity contribution in [3.8, 4) is 5.75 Å². The van der Waals surface area contributed by atoms with Gasteiger partial charge in [0, 0.05) is 5.56 Å². The van der Waals surface area contributed by atoms with Gasteiger partial charge in [0.25, 0.3) is 0 Å². The molecule has 0 bridgehead atoms. The smallest absolute Gasteiger partial charge is 0.132 e. The van der Waals surface area contributed by atoms with Gasteiger partial charge >= 0.3 is 0 Å². The second-order valence-corrected chi connectivity index (χ2v) is 3.15. The van der Waals surface area contributed by atoms with E-state index in [1.165, 1.54) is 13.2 Å². The molecule has 78 valence electrons. The maximum atomic E-state index is 13.5. The molecule has 0 spiro atoms. The van der Waals surface area contributed by atoms with E-state index in [2.05, 4.69) is 0 Å². The number of ether oxygens (including phenoxy) is 1. The van der Waals surface area contributed by atoms with Gasteiger partial charge in [0.15, 0.2) is 0 Å². The molecule has 0 aliphatic heterocycles. The van der Waals surface area contributed by atoms with Crippen LogP contribution in [0.5, 0.6) is 5.75 Å². The largest absolute Gasteiger partial charge is 0.496 e. The van der Waals surface area contributed by atoms with Crippen LogP contribution in [-0.2, 0) is 0 Å². The second-order valence-electron chi connectivity index (χ2n) is 3.15. The van der Waals surface area contributed by atoms with Crippen LogP contribution in [0, 0.1) is 12.7 Å². The first-order chi connectivity index (χ1) is 6.60. The normalized spacial score (nSPS) is 12.6. The first kappa shape index (κ1) is 10.9. The van der Waals surface area contributed by atoms with Crippen LogP contribution in [0.1, 0.15) is 17.2 Å². The van der Waals surface area contributed by atoms with Crippen molar-refractivity contribution < 1.29 is 14.2 Å². The third-order valence-corrected chi connectivity index (χ3v) is 2.02. The Balaban J connectivity index is 3.24. The van der Waals surface area contributed by atoms with E-state index in [0.717, 1.165) is 5.56 Å². The Kier molecular flexibility index (Phi) is 3.43. The quantitative estimate of drug-likeness (QED) is 0.767. The minimum Gasteiger partial charge on any atom is -0.496 e. The Morgan fingerprint density at radius 3 is 2.71 bits per heavy atom. The highest BCUT2D eigenvalue weighted by molar-refractivity contribution is 5.40. The summed E-state index contributed by atoms with van der Waals surface area (Å²) in [6.45, 7) is 1.45. The molecule has 14 heavy (non-hydrogen) atoms. The zero-order valence-electron chi connectivity index (χ0n) is 8.25. The lowest BCUT2D eigenvalue weighted by Gasteiger charge is -2.15. The zero-order chi connectivity index (χ0) is 10.7. The fourth-order valence-corrected chi connectivity index (χ4v) is 1.34. The van der Waals surface area contributed by atoms with Crippen molar-refractivity contribution in [2.75, 3.05) is 13.7 Å². The molecule has 0 fully saturated rings. The zero-order valence-corrected chi connectivity index (χ0v) is 8.25. The van der Waals surface area contributed by atoms with Gasteiger partial charge in [-0.1, -0.05) is 0 Å². The average molecular weight is 199 g/mol. The molecule has 0 heterocycles. The first-order valence-electron chi connectivity index (χ1n) is 4.30. The van der Waals surface area contributed by atoms with E-state index in [9.17, 15) is 4.39 Å². The molecule has 0 unspecified atom stereocenters. The first-order valence-corrected chi connectivity index (χ1v) is 4.30. The minimum atomic E-state index is -0.745. The lowest BCUT2D eigenvalue weighted by Crippen LogP contribution is -2.17. The summed E-state index contributed by atoms with van der Waals surface area (Å²) < 4.78 is 18.5. The van der Waals surface area contributed by atoms with E-state index < -0.39 is 11.9 Å². The van der Waals surface area contributed by atoms with Crippen LogP contribution < -0.4 is 10.5 Å². The maximum Gasteiger partial charge on any atom is 0.132 e. The van der Waals surface area contributed by atoms with Crippen LogP contribution in [0.4, 0.5) is 4.39 Å². The molecule has 0 amide bonds. The lowest BCUT2D eigenvalue weighted by molar-refractivity contribution is 0.261. The third-order valence-electron chi connectivity index (χ3n) is 2.02. The molecule has 0 saturated heterocycles. The highest BCUT2D eigenvalue weighted by Crippen LogP contribution is 2.27. The molecule has 1 aromatic rings. The van der Waals surface area contributed by atoms with Gasteiger partial charge < -0.3 is 15.6 Å². The predicted octanol–water partition coefficient (Wildman–Crippen LogP) is 1.13. The molecule has 0 aliphatic carbocycles. The summed E-state index contributed by atoms with van der Waals surface area (Å²) >= 11 is 0. The average Bonchev–Trinajstić information content (AvgIpc) is 2.15. The third kappa shape index (κ3) is 2.02. The molecule has 0 aliphatic rings. The summed E-state index contributed by atoms with van der Waals surface area (Å²) in [7, 11) is 1.45. The standard InChI is InChI=1S/C10H14FNO2/c1-6-3-7(11)10(8(12)5-13)9(4-6)14-2/h3-4,8,13H,5,12H2,1-2H3/t8-/m0/s1. The molecule has 3 nitrogen and oxygen atoms in total. The summed E-state index contributed by atoms with van der Waals surface area (Å²) in [5.41, 5.74) is 6.53. The van der Waals surface area contributed by atoms with Crippen molar-refractivity contribution in [3.63, 3.8) is 0 Å². The number of aryl methyl sites for hydroxylation is 1. The summed E-state index contributed by atoms with van der Waals surface area (Å²) in [6, 6.07) is 2.31. The fourth-order valence-electron chi connectivity index (χ4n) is 1.34. The van der Waals surface area contributed by atoms with Crippen molar-refractivity contribution in [1.29, 1.82) is 0 Å². The van der Waals surface area contributed by atoms with Crippen LogP contribution in [0.3, 0.4) is 0 Å². The molecule has 1 atom stereocenters. The van der Waals surface area contributed by atoms with E-state index in [1.54, 1.807) is 13.0 Å². The van der Waals surface area contributed by atoms with Gasteiger partial charge in [-0.15, -0.1) is 0 Å². The van der Waals surface area contributed by atoms with Crippen LogP contribution in [0.15, 0.2) is 12.1 Å². The van der Waals surface area contributed by atoms with Gasteiger partial charge in [0.05, 0.1) is 19.8 Å². The molecule has 0 aromatic heterocycles. The van der Waals surface area contributed by atoms with Crippen molar-refractivity contribution in [3.05, 3.63) is 29.1 Å². The van der Waals surface area contributed by atoms with E-state index in [4.69, 9.17) is 15.6 Å². The molecular formula is C10H14FNO2. The lowest BCUT2D eigenvalue weighted by atomic mass is 10.0. The van der Waals surface area contributed by atoms with Crippen LogP contribution in [0.2, 0.25) is 0 Å². The van der Waals surface area contributed by atoms with E-state index in [-0.39, 0.29) is 12.2 Å². The number of methoxy groups -OCH3 is 1. The highest BCUT2D eigenvalue weighted by Gasteiger charge is 2.16. The number of halogens is 1. The van der Waals surface area contributed by atoms with Crippen molar-refractivity contribution in [1.82, 2.24) is 0 Å². The fraction of sp³-hybridized carbons (Fsp3) is 0.400. The van der Waals surface area contributed by atoms with Gasteiger partial charge in [0.2, 0.25) is 0 Å². The number of hydrogen-bond donors (Lipinski definition) is 2. The monoisotopic (exact) mass is 199 g/mol. The van der Waals surface area contributed by atoms with Crippen LogP contribution in [0.25, 0.3) is 0 Å². The van der Waals surface area contributed by atoms with Gasteiger partial charge in [-0.3, -0.25) is 0 Å². The van der Waals surface area contributed by atoms with E-state index in [0.29, 0.717) is 5.75 Å². The van der Waals surface area contributed by atoms with Crippen molar-refractivity contribution >= 4 is 0 Å². The predicted molar refractivity (Wildman–Crippen MR) is 51.7 cm³/mol. The number of hydrogen-bond acceptors (Lipinski definition) is 3. The number of rotatable bonds is 3. The van der Waals surface area contributed by atoms with Gasteiger partial charge in [-0.25, -0.2) is 4.39 Å². The molecule has 1 rings (SSSR count). The molecule has 4 heteroatoms. The Labute approximate surface area is 82.3 Å². The van der Waals surface area contributed by atoms with E-state index in [1.807, 2.05) is 0 Å². The molecule has 1 aromatic carbocycles. The number of nitrogens with two attached hydrogens (primary N) is 1. The SMILES string of the molecule is COc1cc(C)cc(F)c1[C@@H](N)CO. The van der Waals surface area contributed by atoms with Gasteiger partial charge in [-0.2, -0.15) is 0 Å². The molecule has 0 saturated carbocycles. The second kappa shape index (κ2) is 4.39. The minimum absolute atomic E-state index is 0.223. The maximum absolute atomic E-state index is 13.5. The summed E-state index contributed by atoms with van der Waals surface area (Å²) in [4.78, 5) is 0. The van der Waals surface area contributed by atoms with Crippen molar-refractivity contribution in [2.24, 2.45) is 5.73 Å². The molecule has 3 N–H and O–H groups in total. The highest BCUT2D eigenvalue weighted by atomic mass is 19.1. The van der Waals surface area contributed by atoms with Crippen LogP contribution in [-0.4, -0.2) is 18.8 Å². The number of benzene rings is 1. The Morgan fingerprint density at radius 1 is 1.57 bits per heavy atom. The topological polar surface area (TPSA) is 55.5 Å². The molecule has 0 radical (unpaired) electrons. The van der Waals surface area contributed by atoms with Gasteiger partial charge in [0.1, 0.15) is 11.6 Å². The Hall–Kier alpha value is -1.13. The Morgan fingerprint density at radius 2 is 2.21 bits per heavy atom. The summed E-state index contributed by atoms with van der Waals surface area (Å²) in [6.07, 6.45) is 0. The molecular weight excluding hydrogens is 185 g/mol. The van der Waals surface area contributed by atoms with Crippen molar-refractivity contribution in [2.45, 2.75) is 13.0 Å². The summed E-state index contributed by atoms with van der Waals surface area (Å²) in [5.74, 6) is -0.0625. The summed E-state index contributed by atoms with van der Waals surface area (Å²) in [5, 5.41) is 8.85. The number of aliphatic hydroxyl groups is 1. The van der Waals surface area contributed by atoms with Crippen LogP contribution >= 0.6 is 0 Å². The van der Waals surface area contributed by atoms with Gasteiger partial charge in [-0.05, 0) is 24.6 Å². The number of aliphatic hydroxyl groups excluding tert-OH is 1. The Bertz CT molecular complexity index is 328. The van der Waals surface area contributed by atoms with E-state index >= 15 is 0 Å².